The molecule has 1 heterocycles. The van der Waals surface area contributed by atoms with Gasteiger partial charge in [-0.25, -0.2) is 5.43 Å². The Morgan fingerprint density at radius 1 is 1.29 bits per heavy atom. The molecule has 0 saturated heterocycles. The zero-order chi connectivity index (χ0) is 19.9. The second-order valence-electron chi connectivity index (χ2n) is 6.00. The largest absolute Gasteiger partial charge is 0.493 e. The lowest BCUT2D eigenvalue weighted by Gasteiger charge is -2.11. The topological polar surface area (TPSA) is 78.4 Å². The van der Waals surface area contributed by atoms with E-state index in [4.69, 9.17) is 30.5 Å². The lowest BCUT2D eigenvalue weighted by atomic mass is 10.2. The third kappa shape index (κ3) is 4.67. The van der Waals surface area contributed by atoms with Crippen LogP contribution in [0.15, 0.2) is 35.4 Å². The van der Waals surface area contributed by atoms with Gasteiger partial charge in [-0.05, 0) is 42.3 Å². The molecule has 0 spiro atoms. The molecule has 0 radical (unpaired) electrons. The van der Waals surface area contributed by atoms with Crippen molar-refractivity contribution in [2.24, 2.45) is 5.10 Å². The van der Waals surface area contributed by atoms with Crippen molar-refractivity contribution < 1.29 is 23.7 Å². The van der Waals surface area contributed by atoms with Gasteiger partial charge < -0.3 is 18.9 Å². The van der Waals surface area contributed by atoms with Gasteiger partial charge in [0.25, 0.3) is 5.91 Å². The maximum absolute atomic E-state index is 12.3. The van der Waals surface area contributed by atoms with Gasteiger partial charge in [0, 0.05) is 5.56 Å². The fourth-order valence-electron chi connectivity index (χ4n) is 2.55. The van der Waals surface area contributed by atoms with Crippen molar-refractivity contribution in [2.75, 3.05) is 20.5 Å². The Bertz CT molecular complexity index is 885. The van der Waals surface area contributed by atoms with Crippen molar-refractivity contribution in [3.05, 3.63) is 46.5 Å². The summed E-state index contributed by atoms with van der Waals surface area (Å²) >= 11 is 6.13. The first-order chi connectivity index (χ1) is 13.6. The van der Waals surface area contributed by atoms with Crippen LogP contribution in [0.1, 0.15) is 35.7 Å². The SMILES string of the molecule is CCCCOc1ccc(C(=O)N/N=C\c2cc(Cl)c3c(c2)OCO3)cc1OC. The molecule has 0 bridgehead atoms. The number of carbonyl (C=O) groups is 1. The van der Waals surface area contributed by atoms with Crippen molar-refractivity contribution in [1.29, 1.82) is 0 Å². The number of benzene rings is 2. The molecule has 28 heavy (non-hydrogen) atoms. The maximum atomic E-state index is 12.3. The lowest BCUT2D eigenvalue weighted by molar-refractivity contribution is 0.0954. The highest BCUT2D eigenvalue weighted by Gasteiger charge is 2.17. The minimum Gasteiger partial charge on any atom is -0.493 e. The van der Waals surface area contributed by atoms with Gasteiger partial charge in [0.05, 0.1) is 25.0 Å². The van der Waals surface area contributed by atoms with Gasteiger partial charge in [0.2, 0.25) is 6.79 Å². The van der Waals surface area contributed by atoms with Crippen LogP contribution >= 0.6 is 11.6 Å². The monoisotopic (exact) mass is 404 g/mol. The summed E-state index contributed by atoms with van der Waals surface area (Å²) in [5, 5.41) is 4.39. The Kier molecular flexibility index (Phi) is 6.60. The minimum atomic E-state index is -0.374. The van der Waals surface area contributed by atoms with E-state index in [-0.39, 0.29) is 12.7 Å². The second-order valence-corrected chi connectivity index (χ2v) is 6.41. The summed E-state index contributed by atoms with van der Waals surface area (Å²) in [4.78, 5) is 12.3. The van der Waals surface area contributed by atoms with Crippen LogP contribution in [-0.4, -0.2) is 32.6 Å². The number of unbranched alkanes of at least 4 members (excludes halogenated alkanes) is 1. The number of fused-ring (bicyclic) bond motifs is 1. The molecule has 7 nitrogen and oxygen atoms in total. The highest BCUT2D eigenvalue weighted by atomic mass is 35.5. The number of methoxy groups -OCH3 is 1. The summed E-state index contributed by atoms with van der Waals surface area (Å²) in [5.41, 5.74) is 3.55. The van der Waals surface area contributed by atoms with Crippen molar-refractivity contribution in [3.8, 4) is 23.0 Å². The molecular weight excluding hydrogens is 384 g/mol. The fraction of sp³-hybridized carbons (Fsp3) is 0.300. The number of halogens is 1. The number of hydrazone groups is 1. The summed E-state index contributed by atoms with van der Waals surface area (Å²) in [6, 6.07) is 8.39. The number of amides is 1. The van der Waals surface area contributed by atoms with E-state index in [9.17, 15) is 4.79 Å². The molecular formula is C20H21ClN2O5. The molecule has 1 aliphatic heterocycles. The van der Waals surface area contributed by atoms with Gasteiger partial charge in [0.15, 0.2) is 23.0 Å². The first-order valence-corrected chi connectivity index (χ1v) is 9.23. The smallest absolute Gasteiger partial charge is 0.271 e. The van der Waals surface area contributed by atoms with Crippen LogP contribution in [0.5, 0.6) is 23.0 Å². The van der Waals surface area contributed by atoms with Crippen molar-refractivity contribution >= 4 is 23.7 Å². The van der Waals surface area contributed by atoms with Crippen LogP contribution in [0.2, 0.25) is 5.02 Å². The van der Waals surface area contributed by atoms with Crippen molar-refractivity contribution in [2.45, 2.75) is 19.8 Å². The second kappa shape index (κ2) is 9.32. The maximum Gasteiger partial charge on any atom is 0.271 e. The Morgan fingerprint density at radius 2 is 2.14 bits per heavy atom. The minimum absolute atomic E-state index is 0.131. The van der Waals surface area contributed by atoms with E-state index >= 15 is 0 Å². The third-order valence-electron chi connectivity index (χ3n) is 4.01. The van der Waals surface area contributed by atoms with Crippen LogP contribution in [0.4, 0.5) is 0 Å². The molecule has 3 rings (SSSR count). The predicted molar refractivity (Wildman–Crippen MR) is 106 cm³/mol. The average molecular weight is 405 g/mol. The third-order valence-corrected chi connectivity index (χ3v) is 4.29. The summed E-state index contributed by atoms with van der Waals surface area (Å²) in [7, 11) is 1.53. The van der Waals surface area contributed by atoms with Crippen LogP contribution in [0, 0.1) is 0 Å². The van der Waals surface area contributed by atoms with Gasteiger partial charge in [-0.15, -0.1) is 0 Å². The van der Waals surface area contributed by atoms with E-state index in [2.05, 4.69) is 17.5 Å². The number of ether oxygens (including phenoxy) is 4. The average Bonchev–Trinajstić information content (AvgIpc) is 3.17. The van der Waals surface area contributed by atoms with E-state index in [1.54, 1.807) is 30.3 Å². The van der Waals surface area contributed by atoms with E-state index in [1.807, 2.05) is 0 Å². The normalized spacial score (nSPS) is 12.2. The molecule has 8 heteroatoms. The van der Waals surface area contributed by atoms with Gasteiger partial charge in [-0.2, -0.15) is 5.10 Å². The predicted octanol–water partition coefficient (Wildman–Crippen LogP) is 4.02. The number of nitrogens with one attached hydrogen (secondary N) is 1. The zero-order valence-corrected chi connectivity index (χ0v) is 16.4. The summed E-state index contributed by atoms with van der Waals surface area (Å²) in [6.07, 6.45) is 3.46. The summed E-state index contributed by atoms with van der Waals surface area (Å²) in [6.45, 7) is 2.82. The van der Waals surface area contributed by atoms with E-state index < -0.39 is 0 Å². The lowest BCUT2D eigenvalue weighted by Crippen LogP contribution is -2.17. The standard InChI is InChI=1S/C20H21ClN2O5/c1-3-4-7-26-16-6-5-14(10-17(16)25-2)20(24)23-22-11-13-8-15(21)19-18(9-13)27-12-28-19/h5-6,8-11H,3-4,7,12H2,1-2H3,(H,23,24)/b22-11-. The van der Waals surface area contributed by atoms with E-state index in [0.29, 0.717) is 45.8 Å². The molecule has 1 aliphatic rings. The van der Waals surface area contributed by atoms with Crippen LogP contribution in [0.25, 0.3) is 0 Å². The van der Waals surface area contributed by atoms with Crippen molar-refractivity contribution in [3.63, 3.8) is 0 Å². The molecule has 0 aliphatic carbocycles. The number of hydrogen-bond donors (Lipinski definition) is 1. The Hall–Kier alpha value is -2.93. The quantitative estimate of drug-likeness (QED) is 0.408. The van der Waals surface area contributed by atoms with Gasteiger partial charge in [-0.3, -0.25) is 4.79 Å². The molecule has 2 aromatic carbocycles. The zero-order valence-electron chi connectivity index (χ0n) is 15.7. The van der Waals surface area contributed by atoms with Crippen LogP contribution in [-0.2, 0) is 0 Å². The molecule has 2 aromatic rings. The molecule has 0 fully saturated rings. The molecule has 0 unspecified atom stereocenters. The highest BCUT2D eigenvalue weighted by molar-refractivity contribution is 6.32. The van der Waals surface area contributed by atoms with E-state index in [0.717, 1.165) is 12.8 Å². The Labute approximate surface area is 168 Å². The molecule has 1 amide bonds. The fourth-order valence-corrected chi connectivity index (χ4v) is 2.82. The molecule has 0 aromatic heterocycles. The van der Waals surface area contributed by atoms with Gasteiger partial charge in [0.1, 0.15) is 0 Å². The van der Waals surface area contributed by atoms with Crippen LogP contribution < -0.4 is 24.4 Å². The van der Waals surface area contributed by atoms with Crippen LogP contribution in [0.3, 0.4) is 0 Å². The Morgan fingerprint density at radius 3 is 2.93 bits per heavy atom. The number of nitrogens with zero attached hydrogens (tertiary/aromatic N) is 1. The van der Waals surface area contributed by atoms with Crippen molar-refractivity contribution in [1.82, 2.24) is 5.43 Å². The summed E-state index contributed by atoms with van der Waals surface area (Å²) in [5.74, 6) is 1.78. The number of carbonyl (C=O) groups excluding carboxylic acids is 1. The van der Waals surface area contributed by atoms with E-state index in [1.165, 1.54) is 13.3 Å². The highest BCUT2D eigenvalue weighted by Crippen LogP contribution is 2.39. The Balaban J connectivity index is 1.64. The number of rotatable bonds is 8. The molecule has 1 N–H and O–H groups in total. The molecule has 0 saturated carbocycles. The van der Waals surface area contributed by atoms with Gasteiger partial charge in [-0.1, -0.05) is 24.9 Å². The molecule has 0 atom stereocenters. The summed E-state index contributed by atoms with van der Waals surface area (Å²) < 4.78 is 21.5. The molecule has 148 valence electrons. The van der Waals surface area contributed by atoms with Gasteiger partial charge >= 0.3 is 0 Å². The number of hydrogen-bond acceptors (Lipinski definition) is 6. The first-order valence-electron chi connectivity index (χ1n) is 8.85. The first kappa shape index (κ1) is 19.8.